The average Bonchev–Trinajstić information content (AvgIpc) is 2.14. The minimum atomic E-state index is -0.635. The summed E-state index contributed by atoms with van der Waals surface area (Å²) in [7, 11) is 0. The van der Waals surface area contributed by atoms with Crippen molar-refractivity contribution in [2.45, 2.75) is 33.2 Å². The van der Waals surface area contributed by atoms with Crippen LogP contribution in [-0.4, -0.2) is 36.2 Å². The molecular weight excluding hydrogens is 198 g/mol. The number of hydrogen-bond donors (Lipinski definition) is 2. The molecule has 0 saturated heterocycles. The maximum atomic E-state index is 11.4. The van der Waals surface area contributed by atoms with Gasteiger partial charge < -0.3 is 15.2 Å². The SMILES string of the molecule is CCOC(=O)[C@@H](NC(=O)CCO)C(C)C. The fourth-order valence-corrected chi connectivity index (χ4v) is 1.08. The quantitative estimate of drug-likeness (QED) is 0.617. The van der Waals surface area contributed by atoms with Crippen LogP contribution in [0.2, 0.25) is 0 Å². The highest BCUT2D eigenvalue weighted by atomic mass is 16.5. The number of hydrogen-bond acceptors (Lipinski definition) is 4. The maximum absolute atomic E-state index is 11.4. The number of aliphatic hydroxyl groups is 1. The molecule has 0 unspecified atom stereocenters. The van der Waals surface area contributed by atoms with Gasteiger partial charge in [0.1, 0.15) is 6.04 Å². The van der Waals surface area contributed by atoms with Crippen molar-refractivity contribution in [2.75, 3.05) is 13.2 Å². The zero-order valence-corrected chi connectivity index (χ0v) is 9.45. The summed E-state index contributed by atoms with van der Waals surface area (Å²) in [6, 6.07) is -0.635. The predicted octanol–water partition coefficient (Wildman–Crippen LogP) is 0.0727. The highest BCUT2D eigenvalue weighted by Gasteiger charge is 2.24. The molecular formula is C10H19NO4. The van der Waals surface area contributed by atoms with Crippen LogP contribution in [0.5, 0.6) is 0 Å². The molecule has 0 saturated carbocycles. The lowest BCUT2D eigenvalue weighted by atomic mass is 10.0. The zero-order valence-electron chi connectivity index (χ0n) is 9.45. The van der Waals surface area contributed by atoms with E-state index >= 15 is 0 Å². The number of nitrogens with one attached hydrogen (secondary N) is 1. The Hall–Kier alpha value is -1.10. The molecule has 0 aromatic heterocycles. The molecule has 0 fully saturated rings. The van der Waals surface area contributed by atoms with Crippen LogP contribution in [0.3, 0.4) is 0 Å². The first kappa shape index (κ1) is 13.9. The van der Waals surface area contributed by atoms with Crippen LogP contribution in [0, 0.1) is 5.92 Å². The lowest BCUT2D eigenvalue weighted by Crippen LogP contribution is -2.45. The molecule has 0 heterocycles. The van der Waals surface area contributed by atoms with Gasteiger partial charge in [0.2, 0.25) is 5.91 Å². The lowest BCUT2D eigenvalue weighted by molar-refractivity contribution is -0.148. The topological polar surface area (TPSA) is 75.6 Å². The number of carbonyl (C=O) groups is 2. The number of esters is 1. The summed E-state index contributed by atoms with van der Waals surface area (Å²) < 4.78 is 4.83. The van der Waals surface area contributed by atoms with Crippen molar-refractivity contribution in [1.29, 1.82) is 0 Å². The van der Waals surface area contributed by atoms with Gasteiger partial charge in [-0.05, 0) is 12.8 Å². The highest BCUT2D eigenvalue weighted by Crippen LogP contribution is 2.04. The third kappa shape index (κ3) is 5.37. The molecule has 0 aliphatic heterocycles. The minimum Gasteiger partial charge on any atom is -0.464 e. The van der Waals surface area contributed by atoms with Gasteiger partial charge in [-0.1, -0.05) is 13.8 Å². The van der Waals surface area contributed by atoms with E-state index in [1.54, 1.807) is 6.92 Å². The van der Waals surface area contributed by atoms with E-state index in [1.807, 2.05) is 13.8 Å². The summed E-state index contributed by atoms with van der Waals surface area (Å²) in [6.45, 7) is 5.42. The van der Waals surface area contributed by atoms with Gasteiger partial charge in [0, 0.05) is 6.42 Å². The van der Waals surface area contributed by atoms with E-state index in [-0.39, 0.29) is 31.5 Å². The molecule has 0 aliphatic carbocycles. The van der Waals surface area contributed by atoms with E-state index in [4.69, 9.17) is 9.84 Å². The van der Waals surface area contributed by atoms with Crippen LogP contribution in [-0.2, 0) is 14.3 Å². The number of ether oxygens (including phenoxy) is 1. The first-order chi connectivity index (χ1) is 7.02. The molecule has 1 atom stereocenters. The van der Waals surface area contributed by atoms with Crippen molar-refractivity contribution in [2.24, 2.45) is 5.92 Å². The van der Waals surface area contributed by atoms with Gasteiger partial charge in [-0.3, -0.25) is 4.79 Å². The molecule has 0 spiro atoms. The number of rotatable bonds is 6. The molecule has 0 aliphatic rings. The highest BCUT2D eigenvalue weighted by molar-refractivity contribution is 5.84. The Kier molecular flexibility index (Phi) is 6.70. The molecule has 88 valence electrons. The van der Waals surface area contributed by atoms with Gasteiger partial charge in [-0.15, -0.1) is 0 Å². The molecule has 1 amide bonds. The zero-order chi connectivity index (χ0) is 11.8. The van der Waals surface area contributed by atoms with Gasteiger partial charge in [0.15, 0.2) is 0 Å². The summed E-state index contributed by atoms with van der Waals surface area (Å²) in [6.07, 6.45) is 0.00260. The normalized spacial score (nSPS) is 12.3. The smallest absolute Gasteiger partial charge is 0.328 e. The van der Waals surface area contributed by atoms with E-state index in [2.05, 4.69) is 5.32 Å². The van der Waals surface area contributed by atoms with E-state index in [9.17, 15) is 9.59 Å². The number of amides is 1. The van der Waals surface area contributed by atoms with Gasteiger partial charge in [-0.2, -0.15) is 0 Å². The number of carbonyl (C=O) groups excluding carboxylic acids is 2. The van der Waals surface area contributed by atoms with Gasteiger partial charge in [0.25, 0.3) is 0 Å². The second-order valence-electron chi connectivity index (χ2n) is 3.51. The predicted molar refractivity (Wildman–Crippen MR) is 55.1 cm³/mol. The molecule has 0 aromatic rings. The molecule has 15 heavy (non-hydrogen) atoms. The molecule has 0 aromatic carbocycles. The third-order valence-corrected chi connectivity index (χ3v) is 1.86. The molecule has 0 rings (SSSR count). The Morgan fingerprint density at radius 3 is 2.40 bits per heavy atom. The van der Waals surface area contributed by atoms with Crippen molar-refractivity contribution in [3.05, 3.63) is 0 Å². The lowest BCUT2D eigenvalue weighted by Gasteiger charge is -2.20. The molecule has 5 nitrogen and oxygen atoms in total. The van der Waals surface area contributed by atoms with Crippen LogP contribution >= 0.6 is 0 Å². The van der Waals surface area contributed by atoms with Gasteiger partial charge in [0.05, 0.1) is 13.2 Å². The largest absolute Gasteiger partial charge is 0.464 e. The second-order valence-corrected chi connectivity index (χ2v) is 3.51. The van der Waals surface area contributed by atoms with Crippen molar-refractivity contribution in [3.63, 3.8) is 0 Å². The van der Waals surface area contributed by atoms with Crippen molar-refractivity contribution in [3.8, 4) is 0 Å². The maximum Gasteiger partial charge on any atom is 0.328 e. The van der Waals surface area contributed by atoms with Crippen LogP contribution in [0.1, 0.15) is 27.2 Å². The Morgan fingerprint density at radius 2 is 2.00 bits per heavy atom. The average molecular weight is 217 g/mol. The standard InChI is InChI=1S/C10H19NO4/c1-4-15-10(14)9(7(2)3)11-8(13)5-6-12/h7,9,12H,4-6H2,1-3H3,(H,11,13)/t9-/m0/s1. The van der Waals surface area contributed by atoms with Crippen molar-refractivity contribution >= 4 is 11.9 Å². The molecule has 5 heteroatoms. The molecule has 2 N–H and O–H groups in total. The van der Waals surface area contributed by atoms with Gasteiger partial charge >= 0.3 is 5.97 Å². The summed E-state index contributed by atoms with van der Waals surface area (Å²) >= 11 is 0. The first-order valence-electron chi connectivity index (χ1n) is 5.09. The summed E-state index contributed by atoms with van der Waals surface area (Å²) in [5.74, 6) is -0.810. The van der Waals surface area contributed by atoms with Crippen molar-refractivity contribution < 1.29 is 19.4 Å². The minimum absolute atomic E-state index is 0.00260. The first-order valence-corrected chi connectivity index (χ1v) is 5.09. The van der Waals surface area contributed by atoms with E-state index in [1.165, 1.54) is 0 Å². The van der Waals surface area contributed by atoms with Gasteiger partial charge in [-0.25, -0.2) is 4.79 Å². The number of aliphatic hydroxyl groups excluding tert-OH is 1. The third-order valence-electron chi connectivity index (χ3n) is 1.86. The van der Waals surface area contributed by atoms with Crippen LogP contribution < -0.4 is 5.32 Å². The van der Waals surface area contributed by atoms with E-state index in [0.717, 1.165) is 0 Å². The Balaban J connectivity index is 4.27. The Bertz CT molecular complexity index is 215. The van der Waals surface area contributed by atoms with Crippen LogP contribution in [0.25, 0.3) is 0 Å². The summed E-state index contributed by atoms with van der Waals surface area (Å²) in [4.78, 5) is 22.6. The molecule has 0 radical (unpaired) electrons. The fourth-order valence-electron chi connectivity index (χ4n) is 1.08. The fraction of sp³-hybridized carbons (Fsp3) is 0.800. The molecule has 0 bridgehead atoms. The van der Waals surface area contributed by atoms with E-state index < -0.39 is 12.0 Å². The van der Waals surface area contributed by atoms with Crippen molar-refractivity contribution in [1.82, 2.24) is 5.32 Å². The van der Waals surface area contributed by atoms with Crippen LogP contribution in [0.4, 0.5) is 0 Å². The van der Waals surface area contributed by atoms with Crippen LogP contribution in [0.15, 0.2) is 0 Å². The Labute approximate surface area is 89.8 Å². The summed E-state index contributed by atoms with van der Waals surface area (Å²) in [5.41, 5.74) is 0. The summed E-state index contributed by atoms with van der Waals surface area (Å²) in [5, 5.41) is 11.1. The Morgan fingerprint density at radius 1 is 1.40 bits per heavy atom. The second kappa shape index (κ2) is 7.23. The monoisotopic (exact) mass is 217 g/mol. The van der Waals surface area contributed by atoms with E-state index in [0.29, 0.717) is 0 Å².